The fraction of sp³-hybridized carbons (Fsp3) is 0.435. The summed E-state index contributed by atoms with van der Waals surface area (Å²) >= 11 is 3.48. The number of hydrogen-bond acceptors (Lipinski definition) is 5. The normalized spacial score (nSPS) is 18.9. The van der Waals surface area contributed by atoms with E-state index in [-0.39, 0.29) is 5.91 Å². The molecule has 0 spiro atoms. The lowest BCUT2D eigenvalue weighted by Crippen LogP contribution is -2.47. The van der Waals surface area contributed by atoms with Crippen LogP contribution in [0.25, 0.3) is 0 Å². The van der Waals surface area contributed by atoms with Gasteiger partial charge in [-0.2, -0.15) is 0 Å². The van der Waals surface area contributed by atoms with Crippen molar-refractivity contribution in [3.8, 4) is 0 Å². The average molecular weight is 428 g/mol. The smallest absolute Gasteiger partial charge is 0.252 e. The lowest BCUT2D eigenvalue weighted by atomic mass is 9.94. The zero-order valence-electron chi connectivity index (χ0n) is 17.2. The third-order valence-corrected chi connectivity index (χ3v) is 7.72. The fourth-order valence-corrected chi connectivity index (χ4v) is 5.72. The molecule has 4 rings (SSSR count). The summed E-state index contributed by atoms with van der Waals surface area (Å²) in [5.74, 6) is 1.09. The van der Waals surface area contributed by atoms with Crippen LogP contribution in [0.1, 0.15) is 34.8 Å². The zero-order chi connectivity index (χ0) is 20.2. The molecule has 0 saturated carbocycles. The molecule has 0 aliphatic carbocycles. The van der Waals surface area contributed by atoms with Gasteiger partial charge < -0.3 is 10.6 Å². The van der Waals surface area contributed by atoms with Crippen molar-refractivity contribution in [1.29, 1.82) is 0 Å². The van der Waals surface area contributed by atoms with Crippen molar-refractivity contribution in [2.75, 3.05) is 37.0 Å². The van der Waals surface area contributed by atoms with E-state index in [1.54, 1.807) is 23.5 Å². The number of rotatable bonds is 5. The second kappa shape index (κ2) is 9.45. The summed E-state index contributed by atoms with van der Waals surface area (Å²) in [5.41, 5.74) is 4.74. The molecule has 29 heavy (non-hydrogen) atoms. The first-order chi connectivity index (χ1) is 14.2. The first-order valence-electron chi connectivity index (χ1n) is 10.4. The van der Waals surface area contributed by atoms with Crippen molar-refractivity contribution in [3.63, 3.8) is 0 Å². The fourth-order valence-electron chi connectivity index (χ4n) is 4.16. The van der Waals surface area contributed by atoms with Gasteiger partial charge in [-0.3, -0.25) is 9.69 Å². The van der Waals surface area contributed by atoms with Crippen LogP contribution >= 0.6 is 23.5 Å². The van der Waals surface area contributed by atoms with E-state index in [4.69, 9.17) is 0 Å². The molecule has 1 amide bonds. The van der Waals surface area contributed by atoms with Gasteiger partial charge in [0.2, 0.25) is 0 Å². The molecule has 2 aromatic rings. The van der Waals surface area contributed by atoms with Crippen LogP contribution in [0, 0.1) is 0 Å². The van der Waals surface area contributed by atoms with Gasteiger partial charge in [-0.15, -0.1) is 23.5 Å². The summed E-state index contributed by atoms with van der Waals surface area (Å²) in [6.07, 6.45) is 4.16. The molecule has 1 atom stereocenters. The predicted octanol–water partition coefficient (Wildman–Crippen LogP) is 4.49. The van der Waals surface area contributed by atoms with Gasteiger partial charge in [0.25, 0.3) is 5.91 Å². The van der Waals surface area contributed by atoms with E-state index < -0.39 is 0 Å². The van der Waals surface area contributed by atoms with E-state index in [0.717, 1.165) is 59.3 Å². The maximum Gasteiger partial charge on any atom is 0.252 e. The van der Waals surface area contributed by atoms with Crippen LogP contribution in [-0.4, -0.2) is 48.5 Å². The molecule has 0 radical (unpaired) electrons. The summed E-state index contributed by atoms with van der Waals surface area (Å²) in [7, 11) is 0. The summed E-state index contributed by atoms with van der Waals surface area (Å²) in [4.78, 5) is 17.9. The minimum Gasteiger partial charge on any atom is -0.384 e. The summed E-state index contributed by atoms with van der Waals surface area (Å²) in [6.45, 7) is 5.80. The van der Waals surface area contributed by atoms with Crippen LogP contribution < -0.4 is 10.6 Å². The summed E-state index contributed by atoms with van der Waals surface area (Å²) in [6, 6.07) is 13.2. The Kier molecular flexibility index (Phi) is 6.73. The second-order valence-electron chi connectivity index (χ2n) is 7.58. The SMILES string of the molecule is CCN1Cc2ccccc2C[C@@H]1CNC(=O)c1cc(SC)cc2c1SCCCN2. The van der Waals surface area contributed by atoms with Crippen molar-refractivity contribution >= 4 is 35.1 Å². The van der Waals surface area contributed by atoms with E-state index in [0.29, 0.717) is 12.6 Å². The molecule has 0 fully saturated rings. The Morgan fingerprint density at radius 2 is 2.14 bits per heavy atom. The van der Waals surface area contributed by atoms with Gasteiger partial charge in [0, 0.05) is 41.2 Å². The molecule has 2 heterocycles. The Labute approximate surface area is 182 Å². The van der Waals surface area contributed by atoms with Gasteiger partial charge in [0.1, 0.15) is 0 Å². The van der Waals surface area contributed by atoms with Gasteiger partial charge in [-0.05, 0) is 54.7 Å². The monoisotopic (exact) mass is 427 g/mol. The highest BCUT2D eigenvalue weighted by Gasteiger charge is 2.26. The van der Waals surface area contributed by atoms with Crippen LogP contribution in [-0.2, 0) is 13.0 Å². The number of benzene rings is 2. The number of fused-ring (bicyclic) bond motifs is 2. The van der Waals surface area contributed by atoms with Crippen LogP contribution in [0.4, 0.5) is 5.69 Å². The van der Waals surface area contributed by atoms with E-state index in [1.807, 2.05) is 6.07 Å². The maximum atomic E-state index is 13.2. The van der Waals surface area contributed by atoms with Crippen molar-refractivity contribution in [1.82, 2.24) is 10.2 Å². The highest BCUT2D eigenvalue weighted by atomic mass is 32.2. The summed E-state index contributed by atoms with van der Waals surface area (Å²) in [5, 5.41) is 6.76. The van der Waals surface area contributed by atoms with Crippen LogP contribution in [0.15, 0.2) is 46.2 Å². The number of amides is 1. The molecule has 2 aliphatic heterocycles. The predicted molar refractivity (Wildman–Crippen MR) is 124 cm³/mol. The number of anilines is 1. The Morgan fingerprint density at radius 1 is 1.31 bits per heavy atom. The zero-order valence-corrected chi connectivity index (χ0v) is 18.8. The largest absolute Gasteiger partial charge is 0.384 e. The topological polar surface area (TPSA) is 44.4 Å². The lowest BCUT2D eigenvalue weighted by Gasteiger charge is -2.36. The number of nitrogens with zero attached hydrogens (tertiary/aromatic N) is 1. The van der Waals surface area contributed by atoms with Crippen molar-refractivity contribution in [3.05, 3.63) is 53.1 Å². The molecule has 6 heteroatoms. The number of thioether (sulfide) groups is 2. The molecule has 0 bridgehead atoms. The second-order valence-corrected chi connectivity index (χ2v) is 9.57. The molecular weight excluding hydrogens is 398 g/mol. The molecular formula is C23H29N3OS2. The maximum absolute atomic E-state index is 13.2. The third kappa shape index (κ3) is 4.60. The number of nitrogens with one attached hydrogen (secondary N) is 2. The first kappa shape index (κ1) is 20.6. The number of hydrogen-bond donors (Lipinski definition) is 2. The van der Waals surface area contributed by atoms with Crippen LogP contribution in [0.3, 0.4) is 0 Å². The minimum atomic E-state index is 0.0447. The Morgan fingerprint density at radius 3 is 2.93 bits per heavy atom. The highest BCUT2D eigenvalue weighted by molar-refractivity contribution is 7.99. The van der Waals surface area contributed by atoms with E-state index in [9.17, 15) is 4.79 Å². The van der Waals surface area contributed by atoms with E-state index in [2.05, 4.69) is 59.0 Å². The van der Waals surface area contributed by atoms with Crippen molar-refractivity contribution in [2.45, 2.75) is 42.1 Å². The molecule has 4 nitrogen and oxygen atoms in total. The van der Waals surface area contributed by atoms with Gasteiger partial charge >= 0.3 is 0 Å². The van der Waals surface area contributed by atoms with Gasteiger partial charge in [0.15, 0.2) is 0 Å². The van der Waals surface area contributed by atoms with Gasteiger partial charge in [-0.25, -0.2) is 0 Å². The molecule has 2 aromatic carbocycles. The van der Waals surface area contributed by atoms with E-state index in [1.165, 1.54) is 11.1 Å². The quantitative estimate of drug-likeness (QED) is 0.688. The third-order valence-electron chi connectivity index (χ3n) is 5.79. The number of likely N-dealkylation sites (N-methyl/N-ethyl adjacent to an activating group) is 1. The Balaban J connectivity index is 1.51. The standard InChI is InChI=1S/C23H29N3OS2/c1-3-26-15-17-8-5-4-7-16(17)11-18(26)14-25-23(27)20-12-19(28-2)13-21-22(20)29-10-6-9-24-21/h4-5,7-8,12-13,18,24H,3,6,9-11,14-15H2,1-2H3,(H,25,27)/t18-/m1/s1. The van der Waals surface area contributed by atoms with Crippen molar-refractivity contribution < 1.29 is 4.79 Å². The molecule has 0 unspecified atom stereocenters. The first-order valence-corrected chi connectivity index (χ1v) is 12.6. The molecule has 154 valence electrons. The molecule has 2 N–H and O–H groups in total. The Hall–Kier alpha value is -1.63. The molecule has 0 saturated heterocycles. The number of carbonyl (C=O) groups excluding carboxylic acids is 1. The van der Waals surface area contributed by atoms with Crippen LogP contribution in [0.2, 0.25) is 0 Å². The average Bonchev–Trinajstić information content (AvgIpc) is 3.01. The summed E-state index contributed by atoms with van der Waals surface area (Å²) < 4.78 is 0. The van der Waals surface area contributed by atoms with Gasteiger partial charge in [0.05, 0.1) is 5.56 Å². The highest BCUT2D eigenvalue weighted by Crippen LogP contribution is 2.37. The number of carbonyl (C=O) groups is 1. The van der Waals surface area contributed by atoms with Gasteiger partial charge in [-0.1, -0.05) is 31.2 Å². The Bertz CT molecular complexity index is 886. The van der Waals surface area contributed by atoms with Crippen molar-refractivity contribution in [2.24, 2.45) is 0 Å². The molecule has 2 aliphatic rings. The lowest BCUT2D eigenvalue weighted by molar-refractivity contribution is 0.0924. The van der Waals surface area contributed by atoms with Crippen LogP contribution in [0.5, 0.6) is 0 Å². The minimum absolute atomic E-state index is 0.0447. The van der Waals surface area contributed by atoms with E-state index >= 15 is 0 Å². The molecule has 0 aromatic heterocycles.